The molecule has 3 N–H and O–H groups in total. The van der Waals surface area contributed by atoms with Crippen molar-refractivity contribution >= 4 is 17.7 Å². The molecule has 0 spiro atoms. The van der Waals surface area contributed by atoms with Gasteiger partial charge in [0.2, 0.25) is 0 Å². The molecule has 0 saturated heterocycles. The molecule has 0 bridgehead atoms. The molecule has 9 heavy (non-hydrogen) atoms. The summed E-state index contributed by atoms with van der Waals surface area (Å²) in [5.74, 6) is 1.09. The number of hydrogen-bond donors (Lipinski definition) is 1. The van der Waals surface area contributed by atoms with Crippen LogP contribution in [0, 0.1) is 5.92 Å². The van der Waals surface area contributed by atoms with Crippen LogP contribution in [0.4, 0.5) is 0 Å². The van der Waals surface area contributed by atoms with Crippen molar-refractivity contribution in [2.45, 2.75) is 37.2 Å². The first kappa shape index (κ1) is 9.56. The van der Waals surface area contributed by atoms with E-state index < -0.39 is 0 Å². The van der Waals surface area contributed by atoms with E-state index in [1.54, 1.807) is 0 Å². The third kappa shape index (κ3) is 3.30. The Bertz CT molecular complexity index is 59.9. The van der Waals surface area contributed by atoms with Crippen molar-refractivity contribution in [2.24, 2.45) is 5.92 Å². The first-order valence-electron chi connectivity index (χ1n) is 3.93. The zero-order chi connectivity index (χ0) is 5.82. The first-order valence-corrected chi connectivity index (χ1v) is 3.93. The second-order valence-electron chi connectivity index (χ2n) is 2.91. The third-order valence-electron chi connectivity index (χ3n) is 2.30. The molecule has 0 radical (unpaired) electrons. The average Bonchev–Trinajstić information content (AvgIpc) is 1.90. The molecule has 1 fully saturated rings. The zero-order valence-corrected chi connectivity index (χ0v) is 6.53. The number of hydrogen-bond acceptors (Lipinski definition) is 1. The van der Waals surface area contributed by atoms with E-state index in [1.165, 1.54) is 37.2 Å². The Morgan fingerprint density at radius 1 is 1.11 bits per heavy atom. The van der Waals surface area contributed by atoms with Crippen LogP contribution < -0.4 is 6.15 Å². The minimum absolute atomic E-state index is 0. The van der Waals surface area contributed by atoms with Crippen LogP contribution in [0.15, 0.2) is 0 Å². The van der Waals surface area contributed by atoms with E-state index in [0.29, 0.717) is 0 Å². The van der Waals surface area contributed by atoms with Gasteiger partial charge in [-0.2, -0.15) is 0 Å². The molecule has 0 amide bonds. The average molecular weight is 121 g/mol. The van der Waals surface area contributed by atoms with Crippen molar-refractivity contribution < 1.29 is 0 Å². The fourth-order valence-electron chi connectivity index (χ4n) is 1.60. The molecule has 1 nitrogen and oxygen atoms in total. The topological polar surface area (TPSA) is 35.0 Å². The van der Waals surface area contributed by atoms with Crippen molar-refractivity contribution in [3.8, 4) is 0 Å². The van der Waals surface area contributed by atoms with Crippen LogP contribution >= 0.6 is 0 Å². The van der Waals surface area contributed by atoms with Gasteiger partial charge in [-0.3, -0.25) is 0 Å². The second-order valence-corrected chi connectivity index (χ2v) is 2.91. The quantitative estimate of drug-likeness (QED) is 0.531. The summed E-state index contributed by atoms with van der Waals surface area (Å²) in [6.07, 6.45) is 7.51. The predicted octanol–water partition coefficient (Wildman–Crippen LogP) is 2.32. The molecule has 1 aliphatic carbocycles. The molecule has 0 aliphatic heterocycles. The molecule has 1 aliphatic rings. The van der Waals surface area contributed by atoms with Crippen LogP contribution in [0.5, 0.6) is 0 Å². The third-order valence-corrected chi connectivity index (χ3v) is 2.30. The molecule has 1 saturated carbocycles. The van der Waals surface area contributed by atoms with Gasteiger partial charge in [-0.1, -0.05) is 0 Å². The Morgan fingerprint density at radius 3 is 2.00 bits per heavy atom. The van der Waals surface area contributed by atoms with Gasteiger partial charge < -0.3 is 6.15 Å². The van der Waals surface area contributed by atoms with Gasteiger partial charge >= 0.3 is 60.8 Å². The predicted molar refractivity (Wildman–Crippen MR) is 42.2 cm³/mol. The van der Waals surface area contributed by atoms with Crippen LogP contribution in [-0.2, 0) is 0 Å². The van der Waals surface area contributed by atoms with Gasteiger partial charge in [-0.05, 0) is 0 Å². The van der Waals surface area contributed by atoms with E-state index in [2.05, 4.69) is 17.7 Å². The molecule has 0 aromatic heterocycles. The number of rotatable bonds is 1. The Balaban J connectivity index is 0.000000640. The van der Waals surface area contributed by atoms with Crippen molar-refractivity contribution in [1.82, 2.24) is 6.15 Å². The molecular formula is C7H16LiN. The zero-order valence-electron chi connectivity index (χ0n) is 6.53. The summed E-state index contributed by atoms with van der Waals surface area (Å²) in [4.78, 5) is 0. The van der Waals surface area contributed by atoms with Crippen molar-refractivity contribution in [3.05, 3.63) is 0 Å². The molecule has 1 rings (SSSR count). The Kier molecular flexibility index (Phi) is 5.68. The molecule has 0 aromatic rings. The molecule has 50 valence electrons. The monoisotopic (exact) mass is 121 g/mol. The summed E-state index contributed by atoms with van der Waals surface area (Å²) in [7, 11) is 0. The van der Waals surface area contributed by atoms with E-state index in [9.17, 15) is 0 Å². The minimum atomic E-state index is 0. The summed E-state index contributed by atoms with van der Waals surface area (Å²) < 4.78 is 0. The maximum absolute atomic E-state index is 2.32. The van der Waals surface area contributed by atoms with E-state index in [-0.39, 0.29) is 6.15 Å². The standard InChI is InChI=1S/C7H13.Li.H3N/c1-7-5-3-2-4-6-7;;/h7H,1-6H2;;1H3. The van der Waals surface area contributed by atoms with Crippen LogP contribution in [0.25, 0.3) is 0 Å². The van der Waals surface area contributed by atoms with Gasteiger partial charge in [0.15, 0.2) is 0 Å². The van der Waals surface area contributed by atoms with Crippen LogP contribution in [0.2, 0.25) is 5.09 Å². The van der Waals surface area contributed by atoms with Crippen molar-refractivity contribution in [3.63, 3.8) is 0 Å². The van der Waals surface area contributed by atoms with Crippen LogP contribution in [-0.4, -0.2) is 17.7 Å². The van der Waals surface area contributed by atoms with E-state index in [4.69, 9.17) is 0 Å². The molecular weight excluding hydrogens is 105 g/mol. The van der Waals surface area contributed by atoms with Crippen LogP contribution in [0.1, 0.15) is 32.1 Å². The molecule has 0 atom stereocenters. The fourth-order valence-corrected chi connectivity index (χ4v) is 1.60. The molecule has 0 unspecified atom stereocenters. The molecule has 0 aromatic carbocycles. The van der Waals surface area contributed by atoms with Gasteiger partial charge in [0.1, 0.15) is 0 Å². The molecule has 0 heterocycles. The summed E-state index contributed by atoms with van der Waals surface area (Å²) in [5, 5.41) is 1.42. The summed E-state index contributed by atoms with van der Waals surface area (Å²) >= 11 is 2.32. The molecule has 2 heteroatoms. The summed E-state index contributed by atoms with van der Waals surface area (Å²) in [6.45, 7) is 0. The van der Waals surface area contributed by atoms with Gasteiger partial charge in [0.05, 0.1) is 0 Å². The van der Waals surface area contributed by atoms with Crippen LogP contribution in [0.3, 0.4) is 0 Å². The van der Waals surface area contributed by atoms with Crippen molar-refractivity contribution in [1.29, 1.82) is 0 Å². The van der Waals surface area contributed by atoms with Crippen molar-refractivity contribution in [2.75, 3.05) is 0 Å². The van der Waals surface area contributed by atoms with Gasteiger partial charge in [0, 0.05) is 0 Å². The fraction of sp³-hybridized carbons (Fsp3) is 1.00. The normalized spacial score (nSPS) is 21.1. The summed E-state index contributed by atoms with van der Waals surface area (Å²) in [5.41, 5.74) is 0. The van der Waals surface area contributed by atoms with E-state index in [1.807, 2.05) is 0 Å². The SMILES string of the molecule is N.[Li][CH2]C1CCCCC1. The van der Waals surface area contributed by atoms with E-state index >= 15 is 0 Å². The Labute approximate surface area is 67.4 Å². The Hall–Kier alpha value is 0.557. The summed E-state index contributed by atoms with van der Waals surface area (Å²) in [6, 6.07) is 0. The van der Waals surface area contributed by atoms with Gasteiger partial charge in [-0.15, -0.1) is 0 Å². The van der Waals surface area contributed by atoms with E-state index in [0.717, 1.165) is 5.92 Å². The van der Waals surface area contributed by atoms with Gasteiger partial charge in [-0.25, -0.2) is 0 Å². The second kappa shape index (κ2) is 5.35. The Morgan fingerprint density at radius 2 is 1.67 bits per heavy atom. The first-order chi connectivity index (χ1) is 3.93. The maximum atomic E-state index is 2.32. The van der Waals surface area contributed by atoms with Gasteiger partial charge in [0.25, 0.3) is 0 Å².